The third-order valence-corrected chi connectivity index (χ3v) is 3.69. The average molecular weight is 302 g/mol. The number of hydrogen-bond acceptors (Lipinski definition) is 6. The molecule has 0 atom stereocenters. The highest BCUT2D eigenvalue weighted by Gasteiger charge is 2.23. The Labute approximate surface area is 128 Å². The van der Waals surface area contributed by atoms with E-state index in [2.05, 4.69) is 14.9 Å². The molecule has 2 aromatic rings. The summed E-state index contributed by atoms with van der Waals surface area (Å²) in [6.45, 7) is 2.84. The van der Waals surface area contributed by atoms with Crippen LogP contribution in [0.15, 0.2) is 35.4 Å². The van der Waals surface area contributed by atoms with Crippen molar-refractivity contribution in [3.05, 3.63) is 36.5 Å². The van der Waals surface area contributed by atoms with Crippen molar-refractivity contribution in [3.8, 4) is 5.88 Å². The second kappa shape index (κ2) is 6.46. The van der Waals surface area contributed by atoms with Crippen molar-refractivity contribution < 1.29 is 13.9 Å². The van der Waals surface area contributed by atoms with E-state index in [0.29, 0.717) is 31.1 Å². The Morgan fingerprint density at radius 2 is 2.09 bits per heavy atom. The third-order valence-electron chi connectivity index (χ3n) is 3.69. The Hall–Kier alpha value is -2.57. The molecule has 0 saturated carbocycles. The molecule has 1 amide bonds. The number of anilines is 1. The number of carbonyl (C=O) groups excluding carboxylic acids is 1. The number of amides is 1. The van der Waals surface area contributed by atoms with Gasteiger partial charge in [0.15, 0.2) is 5.82 Å². The molecule has 1 aliphatic rings. The fourth-order valence-electron chi connectivity index (χ4n) is 2.58. The third kappa shape index (κ3) is 2.88. The molecule has 7 nitrogen and oxygen atoms in total. The molecule has 1 fully saturated rings. The van der Waals surface area contributed by atoms with Crippen molar-refractivity contribution in [1.29, 1.82) is 0 Å². The molecule has 0 N–H and O–H groups in total. The predicted molar refractivity (Wildman–Crippen MR) is 80.0 cm³/mol. The van der Waals surface area contributed by atoms with Crippen molar-refractivity contribution in [2.75, 3.05) is 38.2 Å². The predicted octanol–water partition coefficient (Wildman–Crippen LogP) is 1.43. The zero-order chi connectivity index (χ0) is 15.4. The largest absolute Gasteiger partial charge is 0.478 e. The number of furan rings is 1. The monoisotopic (exact) mass is 302 g/mol. The van der Waals surface area contributed by atoms with Crippen LogP contribution in [-0.4, -0.2) is 54.1 Å². The quantitative estimate of drug-likeness (QED) is 0.854. The SMILES string of the molecule is COc1nccnc1N1CCCN(C(=O)c2ccoc2)CC1. The molecular formula is C15H18N4O3. The van der Waals surface area contributed by atoms with E-state index >= 15 is 0 Å². The summed E-state index contributed by atoms with van der Waals surface area (Å²) in [6.07, 6.45) is 7.12. The minimum atomic E-state index is 0.00158. The maximum atomic E-state index is 12.4. The number of rotatable bonds is 3. The molecule has 0 unspecified atom stereocenters. The van der Waals surface area contributed by atoms with Gasteiger partial charge in [-0.15, -0.1) is 0 Å². The second-order valence-electron chi connectivity index (χ2n) is 5.03. The van der Waals surface area contributed by atoms with E-state index in [9.17, 15) is 4.79 Å². The summed E-state index contributed by atoms with van der Waals surface area (Å²) in [6, 6.07) is 1.69. The lowest BCUT2D eigenvalue weighted by molar-refractivity contribution is 0.0766. The van der Waals surface area contributed by atoms with E-state index < -0.39 is 0 Å². The maximum Gasteiger partial charge on any atom is 0.257 e. The molecule has 0 radical (unpaired) electrons. The molecule has 0 aromatic carbocycles. The number of carbonyl (C=O) groups is 1. The van der Waals surface area contributed by atoms with Crippen LogP contribution < -0.4 is 9.64 Å². The fourth-order valence-corrected chi connectivity index (χ4v) is 2.58. The van der Waals surface area contributed by atoms with Gasteiger partial charge in [0.2, 0.25) is 0 Å². The van der Waals surface area contributed by atoms with Crippen LogP contribution in [-0.2, 0) is 0 Å². The number of hydrogen-bond donors (Lipinski definition) is 0. The van der Waals surface area contributed by atoms with Crippen LogP contribution in [0.3, 0.4) is 0 Å². The minimum Gasteiger partial charge on any atom is -0.478 e. The average Bonchev–Trinajstić information content (AvgIpc) is 2.99. The Morgan fingerprint density at radius 3 is 2.86 bits per heavy atom. The Bertz CT molecular complexity index is 629. The smallest absolute Gasteiger partial charge is 0.257 e. The number of aromatic nitrogens is 2. The first-order valence-electron chi connectivity index (χ1n) is 7.21. The first-order valence-corrected chi connectivity index (χ1v) is 7.21. The molecule has 3 rings (SSSR count). The molecule has 22 heavy (non-hydrogen) atoms. The van der Waals surface area contributed by atoms with Crippen molar-refractivity contribution in [3.63, 3.8) is 0 Å². The molecular weight excluding hydrogens is 284 g/mol. The Kier molecular flexibility index (Phi) is 4.22. The maximum absolute atomic E-state index is 12.4. The highest BCUT2D eigenvalue weighted by atomic mass is 16.5. The van der Waals surface area contributed by atoms with E-state index in [1.807, 2.05) is 4.90 Å². The van der Waals surface area contributed by atoms with Gasteiger partial charge in [0.25, 0.3) is 11.8 Å². The number of nitrogens with zero attached hydrogens (tertiary/aromatic N) is 4. The summed E-state index contributed by atoms with van der Waals surface area (Å²) in [7, 11) is 1.58. The van der Waals surface area contributed by atoms with Crippen molar-refractivity contribution in [2.45, 2.75) is 6.42 Å². The van der Waals surface area contributed by atoms with Gasteiger partial charge < -0.3 is 19.0 Å². The van der Waals surface area contributed by atoms with Gasteiger partial charge in [-0.25, -0.2) is 9.97 Å². The minimum absolute atomic E-state index is 0.00158. The van der Waals surface area contributed by atoms with Gasteiger partial charge >= 0.3 is 0 Å². The van der Waals surface area contributed by atoms with E-state index in [-0.39, 0.29) is 5.91 Å². The first-order chi connectivity index (χ1) is 10.8. The van der Waals surface area contributed by atoms with Crippen molar-refractivity contribution in [1.82, 2.24) is 14.9 Å². The van der Waals surface area contributed by atoms with Gasteiger partial charge in [-0.2, -0.15) is 0 Å². The molecule has 3 heterocycles. The molecule has 0 spiro atoms. The summed E-state index contributed by atoms with van der Waals surface area (Å²) in [5.74, 6) is 1.24. The van der Waals surface area contributed by atoms with Crippen LogP contribution in [0.4, 0.5) is 5.82 Å². The van der Waals surface area contributed by atoms with Gasteiger partial charge in [0.05, 0.1) is 18.9 Å². The van der Waals surface area contributed by atoms with E-state index in [0.717, 1.165) is 18.8 Å². The molecule has 0 aliphatic carbocycles. The van der Waals surface area contributed by atoms with Gasteiger partial charge in [0, 0.05) is 38.6 Å². The fraction of sp³-hybridized carbons (Fsp3) is 0.400. The standard InChI is InChI=1S/C15H18N4O3/c1-21-14-13(16-4-5-17-14)18-6-2-7-19(9-8-18)15(20)12-3-10-22-11-12/h3-5,10-11H,2,6-9H2,1H3. The Morgan fingerprint density at radius 1 is 1.23 bits per heavy atom. The zero-order valence-corrected chi connectivity index (χ0v) is 12.4. The summed E-state index contributed by atoms with van der Waals surface area (Å²) in [5.41, 5.74) is 0.588. The Balaban J connectivity index is 1.71. The summed E-state index contributed by atoms with van der Waals surface area (Å²) in [5, 5.41) is 0. The first kappa shape index (κ1) is 14.4. The van der Waals surface area contributed by atoms with E-state index in [1.165, 1.54) is 12.5 Å². The van der Waals surface area contributed by atoms with Gasteiger partial charge in [-0.3, -0.25) is 4.79 Å². The lowest BCUT2D eigenvalue weighted by Crippen LogP contribution is -2.35. The highest BCUT2D eigenvalue weighted by molar-refractivity contribution is 5.93. The van der Waals surface area contributed by atoms with Crippen LogP contribution in [0.2, 0.25) is 0 Å². The molecule has 0 bridgehead atoms. The number of ether oxygens (including phenoxy) is 1. The topological polar surface area (TPSA) is 71.7 Å². The van der Waals surface area contributed by atoms with Crippen LogP contribution in [0.1, 0.15) is 16.8 Å². The summed E-state index contributed by atoms with van der Waals surface area (Å²) < 4.78 is 10.3. The van der Waals surface area contributed by atoms with E-state index in [1.54, 1.807) is 25.6 Å². The van der Waals surface area contributed by atoms with E-state index in [4.69, 9.17) is 9.15 Å². The lowest BCUT2D eigenvalue weighted by Gasteiger charge is -2.23. The lowest BCUT2D eigenvalue weighted by atomic mass is 10.3. The van der Waals surface area contributed by atoms with Crippen LogP contribution in [0.25, 0.3) is 0 Å². The summed E-state index contributed by atoms with van der Waals surface area (Å²) in [4.78, 5) is 24.9. The molecule has 1 saturated heterocycles. The van der Waals surface area contributed by atoms with Crippen LogP contribution in [0, 0.1) is 0 Å². The van der Waals surface area contributed by atoms with Gasteiger partial charge in [-0.1, -0.05) is 0 Å². The molecule has 116 valence electrons. The highest BCUT2D eigenvalue weighted by Crippen LogP contribution is 2.23. The van der Waals surface area contributed by atoms with Gasteiger partial charge in [-0.05, 0) is 12.5 Å². The number of methoxy groups -OCH3 is 1. The van der Waals surface area contributed by atoms with Crippen LogP contribution >= 0.6 is 0 Å². The van der Waals surface area contributed by atoms with Gasteiger partial charge in [0.1, 0.15) is 6.26 Å². The van der Waals surface area contributed by atoms with Crippen LogP contribution in [0.5, 0.6) is 5.88 Å². The molecule has 2 aromatic heterocycles. The normalized spacial score (nSPS) is 15.5. The van der Waals surface area contributed by atoms with Crippen molar-refractivity contribution >= 4 is 11.7 Å². The molecule has 1 aliphatic heterocycles. The summed E-state index contributed by atoms with van der Waals surface area (Å²) >= 11 is 0. The zero-order valence-electron chi connectivity index (χ0n) is 12.4. The van der Waals surface area contributed by atoms with Crippen molar-refractivity contribution in [2.24, 2.45) is 0 Å². The second-order valence-corrected chi connectivity index (χ2v) is 5.03. The molecule has 7 heteroatoms.